The second kappa shape index (κ2) is 9.87. The number of nitrogens with zero attached hydrogens (tertiary/aromatic N) is 1. The van der Waals surface area contributed by atoms with E-state index >= 15 is 0 Å². The minimum atomic E-state index is -0.634. The summed E-state index contributed by atoms with van der Waals surface area (Å²) in [5.74, 6) is 0.636. The number of hydrogen-bond donors (Lipinski definition) is 1. The summed E-state index contributed by atoms with van der Waals surface area (Å²) >= 11 is 0. The Morgan fingerprint density at radius 2 is 1.65 bits per heavy atom. The molecule has 0 bridgehead atoms. The second-order valence-electron chi connectivity index (χ2n) is 5.08. The third kappa shape index (κ3) is 5.58. The molecule has 2 aromatic carbocycles. The molecule has 0 aliphatic heterocycles. The van der Waals surface area contributed by atoms with Gasteiger partial charge in [0.05, 0.1) is 0 Å². The molecule has 0 aromatic heterocycles. The Morgan fingerprint density at radius 3 is 2.22 bits per heavy atom. The van der Waals surface area contributed by atoms with Crippen LogP contribution in [0.5, 0.6) is 5.75 Å². The van der Waals surface area contributed by atoms with E-state index in [0.29, 0.717) is 12.3 Å². The van der Waals surface area contributed by atoms with Gasteiger partial charge in [-0.25, -0.2) is 0 Å². The molecule has 0 aliphatic carbocycles. The van der Waals surface area contributed by atoms with Gasteiger partial charge in [0, 0.05) is 25.7 Å². The Morgan fingerprint density at radius 1 is 1.09 bits per heavy atom. The number of ether oxygens (including phenoxy) is 1. The first-order valence-corrected chi connectivity index (χ1v) is 7.38. The van der Waals surface area contributed by atoms with Crippen LogP contribution in [0.1, 0.15) is 11.7 Å². The molecule has 2 rings (SSSR count). The van der Waals surface area contributed by atoms with Gasteiger partial charge in [-0.2, -0.15) is 0 Å². The van der Waals surface area contributed by atoms with Crippen LogP contribution in [0.4, 0.5) is 0 Å². The van der Waals surface area contributed by atoms with Crippen molar-refractivity contribution in [1.82, 2.24) is 10.2 Å². The van der Waals surface area contributed by atoms with Gasteiger partial charge in [-0.3, -0.25) is 4.79 Å². The van der Waals surface area contributed by atoms with Crippen LogP contribution in [-0.2, 0) is 4.79 Å². The highest BCUT2D eigenvalue weighted by Crippen LogP contribution is 2.23. The third-order valence-corrected chi connectivity index (χ3v) is 3.40. The summed E-state index contributed by atoms with van der Waals surface area (Å²) in [6.45, 7) is 1.38. The molecule has 0 spiro atoms. The van der Waals surface area contributed by atoms with E-state index in [2.05, 4.69) is 5.32 Å². The van der Waals surface area contributed by atoms with Gasteiger partial charge in [0.2, 0.25) is 6.10 Å². The maximum Gasteiger partial charge on any atom is 0.268 e. The molecular formula is C18H23ClN2O2. The van der Waals surface area contributed by atoms with E-state index in [0.717, 1.165) is 12.1 Å². The molecule has 2 aromatic rings. The molecule has 1 atom stereocenters. The van der Waals surface area contributed by atoms with Crippen LogP contribution in [0.2, 0.25) is 0 Å². The van der Waals surface area contributed by atoms with Gasteiger partial charge in [0.1, 0.15) is 5.75 Å². The van der Waals surface area contributed by atoms with Gasteiger partial charge >= 0.3 is 0 Å². The number of nitrogens with one attached hydrogen (secondary N) is 1. The summed E-state index contributed by atoms with van der Waals surface area (Å²) in [5, 5.41) is 3.05. The van der Waals surface area contributed by atoms with Crippen LogP contribution in [0.3, 0.4) is 0 Å². The largest absolute Gasteiger partial charge is 0.476 e. The first-order chi connectivity index (χ1) is 10.7. The predicted octanol–water partition coefficient (Wildman–Crippen LogP) is 2.91. The van der Waals surface area contributed by atoms with Crippen molar-refractivity contribution in [2.24, 2.45) is 0 Å². The van der Waals surface area contributed by atoms with Crippen LogP contribution in [0.15, 0.2) is 60.7 Å². The molecule has 5 heteroatoms. The Labute approximate surface area is 143 Å². The van der Waals surface area contributed by atoms with E-state index in [1.165, 1.54) is 0 Å². The Hall–Kier alpha value is -2.04. The Kier molecular flexibility index (Phi) is 8.16. The van der Waals surface area contributed by atoms with Gasteiger partial charge in [-0.05, 0) is 19.2 Å². The van der Waals surface area contributed by atoms with Crippen molar-refractivity contribution in [3.8, 4) is 5.75 Å². The standard InChI is InChI=1S/C18H22N2O2.ClH/c1-19-13-14-20(2)18(21)17(15-9-5-3-6-10-15)22-16-11-7-4-8-12-16;/h3-12,17,19H,13-14H2,1-2H3;1H. The highest BCUT2D eigenvalue weighted by Gasteiger charge is 2.25. The summed E-state index contributed by atoms with van der Waals surface area (Å²) < 4.78 is 5.95. The summed E-state index contributed by atoms with van der Waals surface area (Å²) in [6.07, 6.45) is -0.634. The maximum atomic E-state index is 12.7. The molecule has 23 heavy (non-hydrogen) atoms. The molecule has 0 saturated carbocycles. The molecule has 0 radical (unpaired) electrons. The van der Waals surface area contributed by atoms with Gasteiger partial charge < -0.3 is 15.0 Å². The molecule has 0 heterocycles. The van der Waals surface area contributed by atoms with Crippen molar-refractivity contribution in [3.63, 3.8) is 0 Å². The molecule has 1 N–H and O–H groups in total. The van der Waals surface area contributed by atoms with Crippen molar-refractivity contribution < 1.29 is 9.53 Å². The molecular weight excluding hydrogens is 312 g/mol. The Bertz CT molecular complexity index is 578. The zero-order chi connectivity index (χ0) is 15.8. The average Bonchev–Trinajstić information content (AvgIpc) is 2.58. The molecule has 124 valence electrons. The third-order valence-electron chi connectivity index (χ3n) is 3.40. The van der Waals surface area contributed by atoms with Crippen LogP contribution in [0, 0.1) is 0 Å². The van der Waals surface area contributed by atoms with Crippen molar-refractivity contribution in [3.05, 3.63) is 66.2 Å². The minimum absolute atomic E-state index is 0. The lowest BCUT2D eigenvalue weighted by Crippen LogP contribution is -2.38. The fraction of sp³-hybridized carbons (Fsp3) is 0.278. The molecule has 1 amide bonds. The van der Waals surface area contributed by atoms with Crippen molar-refractivity contribution in [2.45, 2.75) is 6.10 Å². The van der Waals surface area contributed by atoms with Gasteiger partial charge in [-0.1, -0.05) is 48.5 Å². The van der Waals surface area contributed by atoms with Crippen LogP contribution < -0.4 is 10.1 Å². The lowest BCUT2D eigenvalue weighted by atomic mass is 10.1. The zero-order valence-corrected chi connectivity index (χ0v) is 14.3. The number of carbonyl (C=O) groups excluding carboxylic acids is 1. The van der Waals surface area contributed by atoms with Crippen LogP contribution in [-0.4, -0.2) is 38.0 Å². The predicted molar refractivity (Wildman–Crippen MR) is 95.1 cm³/mol. The number of carbonyl (C=O) groups is 1. The van der Waals surface area contributed by atoms with E-state index in [1.54, 1.807) is 11.9 Å². The number of likely N-dealkylation sites (N-methyl/N-ethyl adjacent to an activating group) is 2. The summed E-state index contributed by atoms with van der Waals surface area (Å²) in [4.78, 5) is 14.4. The summed E-state index contributed by atoms with van der Waals surface area (Å²) in [7, 11) is 3.66. The molecule has 0 saturated heterocycles. The molecule has 0 aliphatic rings. The molecule has 1 unspecified atom stereocenters. The smallest absolute Gasteiger partial charge is 0.268 e. The molecule has 4 nitrogen and oxygen atoms in total. The normalized spacial score (nSPS) is 11.2. The van der Waals surface area contributed by atoms with Gasteiger partial charge in [-0.15, -0.1) is 12.4 Å². The van der Waals surface area contributed by atoms with Crippen LogP contribution in [0.25, 0.3) is 0 Å². The summed E-state index contributed by atoms with van der Waals surface area (Å²) in [5.41, 5.74) is 0.854. The van der Waals surface area contributed by atoms with Crippen molar-refractivity contribution >= 4 is 18.3 Å². The quantitative estimate of drug-likeness (QED) is 0.846. The van der Waals surface area contributed by atoms with E-state index in [-0.39, 0.29) is 18.3 Å². The van der Waals surface area contributed by atoms with Gasteiger partial charge in [0.15, 0.2) is 0 Å². The van der Waals surface area contributed by atoms with Crippen LogP contribution >= 0.6 is 12.4 Å². The van der Waals surface area contributed by atoms with Crippen molar-refractivity contribution in [1.29, 1.82) is 0 Å². The zero-order valence-electron chi connectivity index (χ0n) is 13.4. The first-order valence-electron chi connectivity index (χ1n) is 7.38. The summed E-state index contributed by atoms with van der Waals surface area (Å²) in [6, 6.07) is 19.0. The lowest BCUT2D eigenvalue weighted by molar-refractivity contribution is -0.137. The lowest BCUT2D eigenvalue weighted by Gasteiger charge is -2.25. The number of rotatable bonds is 7. The van der Waals surface area contributed by atoms with E-state index in [9.17, 15) is 4.79 Å². The number of hydrogen-bond acceptors (Lipinski definition) is 3. The second-order valence-corrected chi connectivity index (χ2v) is 5.08. The number of para-hydroxylation sites is 1. The topological polar surface area (TPSA) is 41.6 Å². The van der Waals surface area contributed by atoms with E-state index < -0.39 is 6.10 Å². The van der Waals surface area contributed by atoms with Gasteiger partial charge in [0.25, 0.3) is 5.91 Å². The average molecular weight is 335 g/mol. The fourth-order valence-electron chi connectivity index (χ4n) is 2.11. The monoisotopic (exact) mass is 334 g/mol. The Balaban J connectivity index is 0.00000264. The SMILES string of the molecule is CNCCN(C)C(=O)C(Oc1ccccc1)c1ccccc1.Cl. The highest BCUT2D eigenvalue weighted by atomic mass is 35.5. The highest BCUT2D eigenvalue weighted by molar-refractivity contribution is 5.85. The first kappa shape index (κ1) is 19.0. The molecule has 0 fully saturated rings. The number of amides is 1. The fourth-order valence-corrected chi connectivity index (χ4v) is 2.11. The van der Waals surface area contributed by atoms with E-state index in [4.69, 9.17) is 4.74 Å². The number of benzene rings is 2. The van der Waals surface area contributed by atoms with E-state index in [1.807, 2.05) is 67.7 Å². The number of halogens is 1. The maximum absolute atomic E-state index is 12.7. The minimum Gasteiger partial charge on any atom is -0.476 e. The van der Waals surface area contributed by atoms with Crippen molar-refractivity contribution in [2.75, 3.05) is 27.2 Å².